The van der Waals surface area contributed by atoms with E-state index in [-0.39, 0.29) is 28.7 Å². The number of hydrogen-bond donors (Lipinski definition) is 1. The number of aromatic nitrogens is 2. The molecular weight excluding hydrogens is 270 g/mol. The van der Waals surface area contributed by atoms with Crippen molar-refractivity contribution >= 4 is 17.3 Å². The van der Waals surface area contributed by atoms with Crippen molar-refractivity contribution in [3.63, 3.8) is 0 Å². The van der Waals surface area contributed by atoms with E-state index in [1.165, 1.54) is 18.5 Å². The maximum Gasteiger partial charge on any atom is 0.229 e. The van der Waals surface area contributed by atoms with E-state index in [0.717, 1.165) is 0 Å². The zero-order chi connectivity index (χ0) is 14.8. The number of nitrogens with one attached hydrogen (secondary N) is 1. The van der Waals surface area contributed by atoms with E-state index in [1.54, 1.807) is 31.4 Å². The summed E-state index contributed by atoms with van der Waals surface area (Å²) in [5.41, 5.74) is 1.01. The molecule has 1 aliphatic rings. The number of anilines is 1. The molecule has 6 nitrogen and oxygen atoms in total. The molecule has 1 N–H and O–H groups in total. The van der Waals surface area contributed by atoms with E-state index in [1.807, 2.05) is 0 Å². The fourth-order valence-corrected chi connectivity index (χ4v) is 2.00. The van der Waals surface area contributed by atoms with E-state index >= 15 is 0 Å². The van der Waals surface area contributed by atoms with Crippen molar-refractivity contribution in [2.45, 2.75) is 0 Å². The molecule has 0 atom stereocenters. The summed E-state index contributed by atoms with van der Waals surface area (Å²) >= 11 is 0. The lowest BCUT2D eigenvalue weighted by molar-refractivity contribution is 0.0978. The summed E-state index contributed by atoms with van der Waals surface area (Å²) in [4.78, 5) is 32.0. The monoisotopic (exact) mass is 281 g/mol. The molecule has 1 aliphatic carbocycles. The van der Waals surface area contributed by atoms with Crippen molar-refractivity contribution in [2.75, 3.05) is 12.4 Å². The summed E-state index contributed by atoms with van der Waals surface area (Å²) in [6.45, 7) is 0. The van der Waals surface area contributed by atoms with Crippen LogP contribution in [-0.2, 0) is 0 Å². The zero-order valence-electron chi connectivity index (χ0n) is 11.2. The number of hydrogen-bond acceptors (Lipinski definition) is 6. The topological polar surface area (TPSA) is 81.2 Å². The molecule has 21 heavy (non-hydrogen) atoms. The van der Waals surface area contributed by atoms with Crippen molar-refractivity contribution in [1.29, 1.82) is 0 Å². The second kappa shape index (κ2) is 5.16. The number of allylic oxidation sites excluding steroid dienone is 2. The van der Waals surface area contributed by atoms with Gasteiger partial charge in [0.1, 0.15) is 17.1 Å². The molecule has 3 rings (SSSR count). The number of Topliss-reactive ketones (excluding diaryl/α,β-unsaturated/α-hetero) is 1. The minimum Gasteiger partial charge on any atom is -0.497 e. The maximum atomic E-state index is 12.3. The number of carbonyl (C=O) groups excluding carboxylic acids is 2. The van der Waals surface area contributed by atoms with Gasteiger partial charge in [0.2, 0.25) is 11.6 Å². The summed E-state index contributed by atoms with van der Waals surface area (Å²) in [5, 5.41) is 2.92. The van der Waals surface area contributed by atoms with Gasteiger partial charge >= 0.3 is 0 Å². The number of carbonyl (C=O) groups is 2. The van der Waals surface area contributed by atoms with Gasteiger partial charge in [-0.25, -0.2) is 9.97 Å². The van der Waals surface area contributed by atoms with Gasteiger partial charge in [0.15, 0.2) is 0 Å². The van der Waals surface area contributed by atoms with Gasteiger partial charge in [0.25, 0.3) is 0 Å². The van der Waals surface area contributed by atoms with E-state index < -0.39 is 0 Å². The molecular formula is C15H11N3O3. The van der Waals surface area contributed by atoms with Crippen LogP contribution in [0.4, 0.5) is 5.69 Å². The molecule has 0 spiro atoms. The average molecular weight is 281 g/mol. The number of methoxy groups -OCH3 is 1. The first kappa shape index (κ1) is 13.0. The molecule has 0 aliphatic heterocycles. The molecule has 0 unspecified atom stereocenters. The van der Waals surface area contributed by atoms with Crippen LogP contribution >= 0.6 is 0 Å². The minimum atomic E-state index is -0.353. The summed E-state index contributed by atoms with van der Waals surface area (Å²) in [6.07, 6.45) is 4.02. The molecule has 2 aromatic rings. The average Bonchev–Trinajstić information content (AvgIpc) is 2.53. The van der Waals surface area contributed by atoms with Crippen molar-refractivity contribution in [3.8, 4) is 5.75 Å². The first-order valence-corrected chi connectivity index (χ1v) is 6.22. The third-order valence-corrected chi connectivity index (χ3v) is 3.04. The number of ketones is 2. The Morgan fingerprint density at radius 2 is 1.67 bits per heavy atom. The first-order chi connectivity index (χ1) is 10.2. The maximum absolute atomic E-state index is 12.3. The second-order valence-corrected chi connectivity index (χ2v) is 4.36. The van der Waals surface area contributed by atoms with Gasteiger partial charge in [-0.3, -0.25) is 9.59 Å². The molecule has 6 heteroatoms. The highest BCUT2D eigenvalue weighted by molar-refractivity contribution is 6.23. The van der Waals surface area contributed by atoms with Crippen LogP contribution in [0.3, 0.4) is 0 Å². The van der Waals surface area contributed by atoms with Crippen LogP contribution in [-0.4, -0.2) is 28.6 Å². The lowest BCUT2D eigenvalue weighted by Gasteiger charge is -2.15. The van der Waals surface area contributed by atoms with Gasteiger partial charge in [-0.2, -0.15) is 0 Å². The Morgan fingerprint density at radius 3 is 2.33 bits per heavy atom. The van der Waals surface area contributed by atoms with Crippen LogP contribution in [0.1, 0.15) is 21.0 Å². The molecule has 104 valence electrons. The predicted molar refractivity (Wildman–Crippen MR) is 75.4 cm³/mol. The first-order valence-electron chi connectivity index (χ1n) is 6.22. The third-order valence-electron chi connectivity index (χ3n) is 3.04. The standard InChI is InChI=1S/C15H11N3O3/c1-21-10-4-2-9(3-5-10)18-11-8-12(19)13-14(15(11)20)17-7-6-16-13/h2-8,18H,1H3. The van der Waals surface area contributed by atoms with Crippen LogP contribution in [0.5, 0.6) is 5.75 Å². The quantitative estimate of drug-likeness (QED) is 0.924. The van der Waals surface area contributed by atoms with E-state index in [4.69, 9.17) is 4.74 Å². The van der Waals surface area contributed by atoms with Crippen LogP contribution in [0.25, 0.3) is 0 Å². The predicted octanol–water partition coefficient (Wildman–Crippen LogP) is 1.86. The fraction of sp³-hybridized carbons (Fsp3) is 0.0667. The second-order valence-electron chi connectivity index (χ2n) is 4.36. The summed E-state index contributed by atoms with van der Waals surface area (Å²) in [6, 6.07) is 7.02. The van der Waals surface area contributed by atoms with Crippen LogP contribution < -0.4 is 10.1 Å². The van der Waals surface area contributed by atoms with Gasteiger partial charge in [-0.05, 0) is 24.3 Å². The van der Waals surface area contributed by atoms with Crippen molar-refractivity contribution in [1.82, 2.24) is 9.97 Å². The summed E-state index contributed by atoms with van der Waals surface area (Å²) in [5.74, 6) is 0.0130. The number of rotatable bonds is 3. The molecule has 0 saturated carbocycles. The van der Waals surface area contributed by atoms with Crippen LogP contribution in [0.2, 0.25) is 0 Å². The minimum absolute atomic E-state index is 0.0704. The number of ether oxygens (including phenoxy) is 1. The fourth-order valence-electron chi connectivity index (χ4n) is 2.00. The van der Waals surface area contributed by atoms with Crippen molar-refractivity contribution < 1.29 is 14.3 Å². The van der Waals surface area contributed by atoms with Crippen LogP contribution in [0.15, 0.2) is 48.4 Å². The third kappa shape index (κ3) is 2.38. The van der Waals surface area contributed by atoms with Crippen molar-refractivity contribution in [3.05, 3.63) is 59.8 Å². The van der Waals surface area contributed by atoms with Gasteiger partial charge in [-0.15, -0.1) is 0 Å². The van der Waals surface area contributed by atoms with Gasteiger partial charge in [0.05, 0.1) is 12.8 Å². The normalized spacial score (nSPS) is 13.5. The molecule has 1 heterocycles. The van der Waals surface area contributed by atoms with E-state index in [0.29, 0.717) is 11.4 Å². The smallest absolute Gasteiger partial charge is 0.229 e. The summed E-state index contributed by atoms with van der Waals surface area (Å²) < 4.78 is 5.06. The highest BCUT2D eigenvalue weighted by Crippen LogP contribution is 2.21. The highest BCUT2D eigenvalue weighted by atomic mass is 16.5. The molecule has 0 bridgehead atoms. The highest BCUT2D eigenvalue weighted by Gasteiger charge is 2.27. The zero-order valence-corrected chi connectivity index (χ0v) is 11.2. The Morgan fingerprint density at radius 1 is 1.00 bits per heavy atom. The lowest BCUT2D eigenvalue weighted by Crippen LogP contribution is -2.23. The summed E-state index contributed by atoms with van der Waals surface area (Å²) in [7, 11) is 1.57. The molecule has 1 aromatic heterocycles. The SMILES string of the molecule is COc1ccc(NC2=CC(=O)c3nccnc3C2=O)cc1. The van der Waals surface area contributed by atoms with E-state index in [2.05, 4.69) is 15.3 Å². The lowest BCUT2D eigenvalue weighted by atomic mass is 10.0. The van der Waals surface area contributed by atoms with Gasteiger partial charge < -0.3 is 10.1 Å². The Bertz CT molecular complexity index is 751. The molecule has 0 saturated heterocycles. The molecule has 0 radical (unpaired) electrons. The Balaban J connectivity index is 1.89. The van der Waals surface area contributed by atoms with Gasteiger partial charge in [-0.1, -0.05) is 0 Å². The Kier molecular flexibility index (Phi) is 3.19. The number of fused-ring (bicyclic) bond motifs is 1. The number of benzene rings is 1. The Hall–Kier alpha value is -3.02. The molecule has 0 amide bonds. The van der Waals surface area contributed by atoms with Crippen LogP contribution in [0, 0.1) is 0 Å². The van der Waals surface area contributed by atoms with Gasteiger partial charge in [0, 0.05) is 24.2 Å². The number of nitrogens with zero attached hydrogens (tertiary/aromatic N) is 2. The van der Waals surface area contributed by atoms with Crippen molar-refractivity contribution in [2.24, 2.45) is 0 Å². The molecule has 1 aromatic carbocycles. The largest absolute Gasteiger partial charge is 0.497 e. The molecule has 0 fully saturated rings. The Labute approximate surface area is 120 Å². The van der Waals surface area contributed by atoms with E-state index in [9.17, 15) is 9.59 Å².